The zero-order chi connectivity index (χ0) is 23.8. The molecule has 0 spiro atoms. The number of anilines is 1. The van der Waals surface area contributed by atoms with Crippen LogP contribution in [-0.4, -0.2) is 60.2 Å². The molecule has 0 saturated carbocycles. The summed E-state index contributed by atoms with van der Waals surface area (Å²) in [5, 5.41) is 5.82. The summed E-state index contributed by atoms with van der Waals surface area (Å²) in [4.78, 5) is 20.9. The van der Waals surface area contributed by atoms with Gasteiger partial charge in [-0.05, 0) is 43.4 Å². The van der Waals surface area contributed by atoms with E-state index >= 15 is 0 Å². The van der Waals surface area contributed by atoms with Crippen molar-refractivity contribution in [2.75, 3.05) is 37.7 Å². The average Bonchev–Trinajstić information content (AvgIpc) is 2.93. The quantitative estimate of drug-likeness (QED) is 0.634. The molecule has 6 nitrogen and oxygen atoms in total. The Balaban J connectivity index is 1.85. The zero-order valence-corrected chi connectivity index (χ0v) is 18.2. The molecule has 0 fully saturated rings. The van der Waals surface area contributed by atoms with E-state index in [2.05, 4.69) is 10.1 Å². The molecule has 4 rings (SSSR count). The molecule has 2 aromatic rings. The number of aliphatic imine (C=N–C) groups is 1. The minimum Gasteiger partial charge on any atom is -0.317 e. The van der Waals surface area contributed by atoms with E-state index in [0.29, 0.717) is 18.2 Å². The van der Waals surface area contributed by atoms with Gasteiger partial charge in [0.25, 0.3) is 5.91 Å². The Hall–Kier alpha value is -3.27. The van der Waals surface area contributed by atoms with Crippen LogP contribution in [-0.2, 0) is 11.0 Å². The van der Waals surface area contributed by atoms with Crippen molar-refractivity contribution in [3.8, 4) is 0 Å². The summed E-state index contributed by atoms with van der Waals surface area (Å²) >= 11 is 0. The Morgan fingerprint density at radius 2 is 1.79 bits per heavy atom. The van der Waals surface area contributed by atoms with Gasteiger partial charge in [0.15, 0.2) is 5.84 Å². The third kappa shape index (κ3) is 4.47. The van der Waals surface area contributed by atoms with Crippen molar-refractivity contribution < 1.29 is 22.4 Å². The molecule has 33 heavy (non-hydrogen) atoms. The predicted molar refractivity (Wildman–Crippen MR) is 118 cm³/mol. The fraction of sp³-hybridized carbons (Fsp3) is 0.348. The van der Waals surface area contributed by atoms with Gasteiger partial charge in [0.2, 0.25) is 0 Å². The van der Waals surface area contributed by atoms with Gasteiger partial charge in [-0.15, -0.1) is 0 Å². The minimum atomic E-state index is -4.59. The number of fused-ring (bicyclic) bond motifs is 3. The van der Waals surface area contributed by atoms with Crippen molar-refractivity contribution in [3.05, 3.63) is 65.0 Å². The van der Waals surface area contributed by atoms with Crippen LogP contribution in [0.2, 0.25) is 0 Å². The number of hydrazone groups is 1. The van der Waals surface area contributed by atoms with Gasteiger partial charge in [-0.1, -0.05) is 26.0 Å². The van der Waals surface area contributed by atoms with E-state index in [-0.39, 0.29) is 35.8 Å². The lowest BCUT2D eigenvalue weighted by atomic mass is 9.97. The van der Waals surface area contributed by atoms with Crippen molar-refractivity contribution in [1.82, 2.24) is 9.91 Å². The molecule has 0 aromatic heterocycles. The van der Waals surface area contributed by atoms with E-state index in [1.807, 2.05) is 18.7 Å². The van der Waals surface area contributed by atoms with Crippen LogP contribution in [0.3, 0.4) is 0 Å². The molecule has 0 atom stereocenters. The van der Waals surface area contributed by atoms with Crippen molar-refractivity contribution in [2.45, 2.75) is 20.0 Å². The van der Waals surface area contributed by atoms with Gasteiger partial charge in [-0.25, -0.2) is 9.40 Å². The minimum absolute atomic E-state index is 0.0122. The maximum absolute atomic E-state index is 14.6. The van der Waals surface area contributed by atoms with Gasteiger partial charge < -0.3 is 4.90 Å². The Labute approximate surface area is 188 Å². The lowest BCUT2D eigenvalue weighted by Crippen LogP contribution is -2.51. The highest BCUT2D eigenvalue weighted by atomic mass is 19.4. The predicted octanol–water partition coefficient (Wildman–Crippen LogP) is 3.96. The highest BCUT2D eigenvalue weighted by Crippen LogP contribution is 2.36. The third-order valence-corrected chi connectivity index (χ3v) is 5.73. The average molecular weight is 461 g/mol. The number of hydrogen-bond acceptors (Lipinski definition) is 5. The van der Waals surface area contributed by atoms with Crippen LogP contribution in [0.15, 0.2) is 52.6 Å². The molecule has 0 bridgehead atoms. The van der Waals surface area contributed by atoms with Gasteiger partial charge in [0, 0.05) is 11.1 Å². The molecule has 2 aromatic carbocycles. The monoisotopic (exact) mass is 461 g/mol. The van der Waals surface area contributed by atoms with Crippen LogP contribution in [0.5, 0.6) is 0 Å². The van der Waals surface area contributed by atoms with Crippen LogP contribution in [0.4, 0.5) is 23.2 Å². The van der Waals surface area contributed by atoms with E-state index in [1.165, 1.54) is 29.3 Å². The number of carbonyl (C=O) groups is 1. The number of alkyl halides is 3. The van der Waals surface area contributed by atoms with Gasteiger partial charge >= 0.3 is 6.18 Å². The fourth-order valence-corrected chi connectivity index (χ4v) is 3.88. The van der Waals surface area contributed by atoms with E-state index in [1.54, 1.807) is 11.0 Å². The Morgan fingerprint density at radius 1 is 1.06 bits per heavy atom. The molecule has 2 aliphatic heterocycles. The third-order valence-electron chi connectivity index (χ3n) is 5.73. The maximum Gasteiger partial charge on any atom is 0.416 e. The van der Waals surface area contributed by atoms with Crippen molar-refractivity contribution >= 4 is 23.1 Å². The summed E-state index contributed by atoms with van der Waals surface area (Å²) < 4.78 is 55.1. The first kappa shape index (κ1) is 22.9. The first-order chi connectivity index (χ1) is 15.7. The zero-order valence-electron chi connectivity index (χ0n) is 18.2. The Morgan fingerprint density at radius 3 is 2.45 bits per heavy atom. The van der Waals surface area contributed by atoms with Crippen LogP contribution >= 0.6 is 0 Å². The van der Waals surface area contributed by atoms with E-state index in [9.17, 15) is 22.4 Å². The Bertz CT molecular complexity index is 1120. The molecule has 174 valence electrons. The van der Waals surface area contributed by atoms with Gasteiger partial charge in [-0.3, -0.25) is 14.7 Å². The molecule has 2 aliphatic rings. The molecule has 0 aliphatic carbocycles. The molecular weight excluding hydrogens is 438 g/mol. The Kier molecular flexibility index (Phi) is 6.20. The highest BCUT2D eigenvalue weighted by molar-refractivity contribution is 6.21. The fourth-order valence-electron chi connectivity index (χ4n) is 3.88. The number of nitrogens with zero attached hydrogens (tertiary/aromatic N) is 5. The van der Waals surface area contributed by atoms with Crippen LogP contribution in [0.25, 0.3) is 0 Å². The van der Waals surface area contributed by atoms with Crippen molar-refractivity contribution in [3.63, 3.8) is 0 Å². The number of rotatable bonds is 5. The second-order valence-electron chi connectivity index (χ2n) is 7.71. The largest absolute Gasteiger partial charge is 0.416 e. The lowest BCUT2D eigenvalue weighted by molar-refractivity contribution is -0.137. The number of amidine groups is 1. The van der Waals surface area contributed by atoms with E-state index in [4.69, 9.17) is 0 Å². The number of benzene rings is 2. The second kappa shape index (κ2) is 8.93. The number of carbonyl (C=O) groups excluding carboxylic acids is 1. The van der Waals surface area contributed by atoms with Gasteiger partial charge in [0.1, 0.15) is 12.4 Å². The van der Waals surface area contributed by atoms with Crippen LogP contribution in [0, 0.1) is 5.82 Å². The summed E-state index contributed by atoms with van der Waals surface area (Å²) in [5.74, 6) is -0.472. The summed E-state index contributed by atoms with van der Waals surface area (Å²) in [6, 6.07) is 9.00. The SMILES string of the molecule is CCN(CC)CN1N=C2CN=C(c3ccccc3F)c3cc(C(F)(F)F)ccc3N2CC1=O. The molecule has 0 unspecified atom stereocenters. The molecule has 1 amide bonds. The molecular formula is C23H23F4N5O. The number of hydrogen-bond donors (Lipinski definition) is 0. The first-order valence-corrected chi connectivity index (χ1v) is 10.6. The van der Waals surface area contributed by atoms with E-state index in [0.717, 1.165) is 25.2 Å². The normalized spacial score (nSPS) is 16.3. The highest BCUT2D eigenvalue weighted by Gasteiger charge is 2.36. The molecule has 10 heteroatoms. The molecule has 0 saturated heterocycles. The number of halogens is 4. The standard InChI is InChI=1S/C23H23F4N5O/c1-3-30(4-2)14-32-21(33)13-31-19-10-9-15(23(25,26)27)11-17(19)22(28-12-20(31)29-32)16-7-5-6-8-18(16)24/h5-11H,3-4,12-14H2,1-2H3. The second-order valence-corrected chi connectivity index (χ2v) is 7.71. The van der Waals surface area contributed by atoms with Gasteiger partial charge in [-0.2, -0.15) is 18.3 Å². The maximum atomic E-state index is 14.6. The summed E-state index contributed by atoms with van der Waals surface area (Å²) in [6.45, 7) is 5.60. The molecule has 0 radical (unpaired) electrons. The smallest absolute Gasteiger partial charge is 0.317 e. The van der Waals surface area contributed by atoms with Crippen molar-refractivity contribution in [1.29, 1.82) is 0 Å². The number of amides is 1. The summed E-state index contributed by atoms with van der Waals surface area (Å²) in [5.41, 5.74) is -0.265. The van der Waals surface area contributed by atoms with Crippen LogP contribution < -0.4 is 4.90 Å². The topological polar surface area (TPSA) is 51.5 Å². The summed E-state index contributed by atoms with van der Waals surface area (Å²) in [7, 11) is 0. The summed E-state index contributed by atoms with van der Waals surface area (Å²) in [6.07, 6.45) is -4.59. The van der Waals surface area contributed by atoms with Gasteiger partial charge in [0.05, 0.1) is 30.2 Å². The first-order valence-electron chi connectivity index (χ1n) is 10.6. The van der Waals surface area contributed by atoms with E-state index < -0.39 is 17.6 Å². The van der Waals surface area contributed by atoms with Crippen LogP contribution in [0.1, 0.15) is 30.5 Å². The molecule has 2 heterocycles. The van der Waals surface area contributed by atoms with Crippen molar-refractivity contribution in [2.24, 2.45) is 10.1 Å². The molecule has 0 N–H and O–H groups in total. The lowest BCUT2D eigenvalue weighted by Gasteiger charge is -2.35.